The van der Waals surface area contributed by atoms with Gasteiger partial charge in [-0.25, -0.2) is 0 Å². The first-order chi connectivity index (χ1) is 11.8. The molecule has 1 unspecified atom stereocenters. The standard InChI is InChI=1S/C19H30N4O.2ClH/c1-16-15-21-6-2-18(16)23-11-9-22(10-12-23)17-3-13-24-19(14-17)4-7-20-8-5-19;;/h2,6,15,17,20H,3-5,7-14H2,1H3;2*1H. The number of hydrogen-bond acceptors (Lipinski definition) is 5. The molecule has 0 amide bonds. The molecule has 3 aliphatic rings. The van der Waals surface area contributed by atoms with Gasteiger partial charge in [-0.1, -0.05) is 0 Å². The van der Waals surface area contributed by atoms with Gasteiger partial charge in [-0.3, -0.25) is 9.88 Å². The van der Waals surface area contributed by atoms with Crippen molar-refractivity contribution in [2.75, 3.05) is 50.8 Å². The second kappa shape index (κ2) is 9.56. The third-order valence-electron chi connectivity index (χ3n) is 6.14. The van der Waals surface area contributed by atoms with E-state index >= 15 is 0 Å². The number of nitrogens with zero attached hydrogens (tertiary/aromatic N) is 3. The van der Waals surface area contributed by atoms with Crippen LogP contribution in [0, 0.1) is 6.92 Å². The maximum Gasteiger partial charge on any atom is 0.0721 e. The summed E-state index contributed by atoms with van der Waals surface area (Å²) in [4.78, 5) is 9.46. The zero-order valence-corrected chi connectivity index (χ0v) is 17.3. The number of halogens is 2. The Morgan fingerprint density at radius 2 is 1.88 bits per heavy atom. The Labute approximate surface area is 169 Å². The highest BCUT2D eigenvalue weighted by Gasteiger charge is 2.40. The van der Waals surface area contributed by atoms with Crippen molar-refractivity contribution in [2.24, 2.45) is 0 Å². The highest BCUT2D eigenvalue weighted by molar-refractivity contribution is 5.85. The second-order valence-corrected chi connectivity index (χ2v) is 7.61. The SMILES string of the molecule is Cc1cnccc1N1CCN(C2CCOC3(CCNCC3)C2)CC1.Cl.Cl. The van der Waals surface area contributed by atoms with Crippen LogP contribution in [0.4, 0.5) is 5.69 Å². The van der Waals surface area contributed by atoms with E-state index in [-0.39, 0.29) is 30.4 Å². The maximum atomic E-state index is 6.25. The Balaban J connectivity index is 0.00000121. The van der Waals surface area contributed by atoms with E-state index in [2.05, 4.69) is 33.1 Å². The predicted octanol–water partition coefficient (Wildman–Crippen LogP) is 2.66. The van der Waals surface area contributed by atoms with E-state index in [0.29, 0.717) is 6.04 Å². The monoisotopic (exact) mass is 402 g/mol. The smallest absolute Gasteiger partial charge is 0.0721 e. The van der Waals surface area contributed by atoms with Gasteiger partial charge in [-0.15, -0.1) is 24.8 Å². The van der Waals surface area contributed by atoms with Crippen molar-refractivity contribution in [3.8, 4) is 0 Å². The van der Waals surface area contributed by atoms with Gasteiger partial charge in [0.05, 0.1) is 5.60 Å². The Morgan fingerprint density at radius 3 is 2.58 bits per heavy atom. The number of hydrogen-bond donors (Lipinski definition) is 1. The van der Waals surface area contributed by atoms with Crippen LogP contribution in [-0.4, -0.2) is 67.4 Å². The fraction of sp³-hybridized carbons (Fsp3) is 0.737. The van der Waals surface area contributed by atoms with Crippen molar-refractivity contribution in [1.82, 2.24) is 15.2 Å². The lowest BCUT2D eigenvalue weighted by Crippen LogP contribution is -2.56. The van der Waals surface area contributed by atoms with Gasteiger partial charge in [-0.2, -0.15) is 0 Å². The molecule has 26 heavy (non-hydrogen) atoms. The van der Waals surface area contributed by atoms with Crippen LogP contribution in [0.15, 0.2) is 18.5 Å². The minimum absolute atomic E-state index is 0. The van der Waals surface area contributed by atoms with Crippen molar-refractivity contribution < 1.29 is 4.74 Å². The molecule has 1 spiro atoms. The normalized spacial score (nSPS) is 26.0. The summed E-state index contributed by atoms with van der Waals surface area (Å²) in [6.07, 6.45) is 8.67. The molecule has 0 saturated carbocycles. The van der Waals surface area contributed by atoms with Crippen molar-refractivity contribution in [2.45, 2.75) is 44.2 Å². The van der Waals surface area contributed by atoms with Gasteiger partial charge in [0.1, 0.15) is 0 Å². The number of anilines is 1. The maximum absolute atomic E-state index is 6.25. The van der Waals surface area contributed by atoms with Gasteiger partial charge in [0.25, 0.3) is 0 Å². The molecule has 4 heterocycles. The average molecular weight is 403 g/mol. The third-order valence-corrected chi connectivity index (χ3v) is 6.14. The van der Waals surface area contributed by atoms with E-state index in [9.17, 15) is 0 Å². The molecule has 148 valence electrons. The minimum Gasteiger partial charge on any atom is -0.375 e. The zero-order chi connectivity index (χ0) is 16.4. The molecule has 5 nitrogen and oxygen atoms in total. The van der Waals surface area contributed by atoms with Crippen LogP contribution in [0.3, 0.4) is 0 Å². The molecule has 1 N–H and O–H groups in total. The molecule has 0 radical (unpaired) electrons. The van der Waals surface area contributed by atoms with E-state index in [1.54, 1.807) is 0 Å². The summed E-state index contributed by atoms with van der Waals surface area (Å²) in [6, 6.07) is 2.86. The summed E-state index contributed by atoms with van der Waals surface area (Å²) < 4.78 is 6.25. The molecule has 3 aliphatic heterocycles. The lowest BCUT2D eigenvalue weighted by molar-refractivity contribution is -0.121. The van der Waals surface area contributed by atoms with Crippen molar-refractivity contribution in [3.63, 3.8) is 0 Å². The van der Waals surface area contributed by atoms with E-state index in [1.165, 1.54) is 50.0 Å². The molecule has 3 saturated heterocycles. The van der Waals surface area contributed by atoms with Crippen molar-refractivity contribution in [1.29, 1.82) is 0 Å². The molecule has 0 bridgehead atoms. The van der Waals surface area contributed by atoms with E-state index in [0.717, 1.165) is 32.8 Å². The molecule has 1 aromatic rings. The largest absolute Gasteiger partial charge is 0.375 e. The van der Waals surface area contributed by atoms with Crippen LogP contribution in [-0.2, 0) is 4.74 Å². The van der Waals surface area contributed by atoms with Crippen LogP contribution < -0.4 is 10.2 Å². The number of aromatic nitrogens is 1. The molecule has 1 atom stereocenters. The van der Waals surface area contributed by atoms with Crippen LogP contribution in [0.5, 0.6) is 0 Å². The summed E-state index contributed by atoms with van der Waals surface area (Å²) in [5, 5.41) is 3.47. The molecule has 1 aromatic heterocycles. The molecule has 7 heteroatoms. The Morgan fingerprint density at radius 1 is 1.15 bits per heavy atom. The minimum atomic E-state index is 0. The first-order valence-electron chi connectivity index (χ1n) is 9.50. The topological polar surface area (TPSA) is 40.6 Å². The van der Waals surface area contributed by atoms with Gasteiger partial charge in [0, 0.05) is 56.9 Å². The molecule has 0 aromatic carbocycles. The molecule has 0 aliphatic carbocycles. The number of pyridine rings is 1. The van der Waals surface area contributed by atoms with Crippen molar-refractivity contribution in [3.05, 3.63) is 24.0 Å². The lowest BCUT2D eigenvalue weighted by Gasteiger charge is -2.48. The summed E-state index contributed by atoms with van der Waals surface area (Å²) >= 11 is 0. The zero-order valence-electron chi connectivity index (χ0n) is 15.7. The van der Waals surface area contributed by atoms with Gasteiger partial charge >= 0.3 is 0 Å². The summed E-state index contributed by atoms with van der Waals surface area (Å²) in [7, 11) is 0. The molecular weight excluding hydrogens is 371 g/mol. The van der Waals surface area contributed by atoms with Crippen LogP contribution >= 0.6 is 24.8 Å². The van der Waals surface area contributed by atoms with Crippen LogP contribution in [0.1, 0.15) is 31.2 Å². The number of piperidine rings is 1. The number of aryl methyl sites for hydroxylation is 1. The summed E-state index contributed by atoms with van der Waals surface area (Å²) in [6.45, 7) is 9.90. The van der Waals surface area contributed by atoms with Gasteiger partial charge in [0.15, 0.2) is 0 Å². The number of nitrogens with one attached hydrogen (secondary N) is 1. The molecular formula is C19H32Cl2N4O. The van der Waals surface area contributed by atoms with Crippen LogP contribution in [0.2, 0.25) is 0 Å². The highest BCUT2D eigenvalue weighted by Crippen LogP contribution is 2.35. The van der Waals surface area contributed by atoms with E-state index in [1.807, 2.05) is 12.4 Å². The number of rotatable bonds is 2. The third kappa shape index (κ3) is 4.63. The van der Waals surface area contributed by atoms with Gasteiger partial charge in [-0.05, 0) is 57.3 Å². The first-order valence-corrected chi connectivity index (χ1v) is 9.50. The van der Waals surface area contributed by atoms with E-state index < -0.39 is 0 Å². The first kappa shape index (κ1) is 21.7. The average Bonchev–Trinajstić information content (AvgIpc) is 2.63. The quantitative estimate of drug-likeness (QED) is 0.822. The summed E-state index contributed by atoms with van der Waals surface area (Å²) in [5.41, 5.74) is 2.80. The highest BCUT2D eigenvalue weighted by atomic mass is 35.5. The lowest BCUT2D eigenvalue weighted by atomic mass is 9.82. The number of ether oxygens (including phenoxy) is 1. The fourth-order valence-corrected chi connectivity index (χ4v) is 4.69. The Bertz CT molecular complexity index is 555. The second-order valence-electron chi connectivity index (χ2n) is 7.61. The van der Waals surface area contributed by atoms with Crippen LogP contribution in [0.25, 0.3) is 0 Å². The fourth-order valence-electron chi connectivity index (χ4n) is 4.69. The van der Waals surface area contributed by atoms with Gasteiger partial charge < -0.3 is 15.0 Å². The Kier molecular flexibility index (Phi) is 7.98. The molecule has 3 fully saturated rings. The van der Waals surface area contributed by atoms with E-state index in [4.69, 9.17) is 4.74 Å². The molecule has 4 rings (SSSR count). The number of piperazine rings is 1. The van der Waals surface area contributed by atoms with Gasteiger partial charge in [0.2, 0.25) is 0 Å². The predicted molar refractivity (Wildman–Crippen MR) is 111 cm³/mol. The summed E-state index contributed by atoms with van der Waals surface area (Å²) in [5.74, 6) is 0. The van der Waals surface area contributed by atoms with Crippen molar-refractivity contribution >= 4 is 30.5 Å². The Hall–Kier alpha value is -0.590.